The van der Waals surface area contributed by atoms with Gasteiger partial charge in [-0.25, -0.2) is 29.9 Å². The molecule has 0 saturated carbocycles. The number of allylic oxidation sites excluding steroid dienone is 1. The van der Waals surface area contributed by atoms with Crippen LogP contribution in [0.1, 0.15) is 24.6 Å². The SMILES string of the molecule is C=C(c1cc(NCCO)ncn1)c1cccnc1N.CCNc1cc(-c2c[nH]c3c2=CCC=CN=3)ncn1. The molecule has 0 spiro atoms. The Hall–Kier alpha value is -4.90. The molecule has 5 heterocycles. The van der Waals surface area contributed by atoms with Gasteiger partial charge in [0.05, 0.1) is 18.0 Å². The number of hydrogen-bond acceptors (Lipinski definition) is 10. The van der Waals surface area contributed by atoms with Crippen LogP contribution in [0.3, 0.4) is 0 Å². The first-order valence-corrected chi connectivity index (χ1v) is 12.1. The highest BCUT2D eigenvalue weighted by Crippen LogP contribution is 2.24. The predicted octanol–water partition coefficient (Wildman–Crippen LogP) is 2.14. The van der Waals surface area contributed by atoms with Gasteiger partial charge in [-0.3, -0.25) is 0 Å². The third-order valence-electron chi connectivity index (χ3n) is 5.52. The molecule has 38 heavy (non-hydrogen) atoms. The van der Waals surface area contributed by atoms with Crippen LogP contribution in [-0.4, -0.2) is 54.7 Å². The largest absolute Gasteiger partial charge is 0.395 e. The van der Waals surface area contributed by atoms with Crippen LogP contribution in [0.15, 0.2) is 73.2 Å². The van der Waals surface area contributed by atoms with Crippen LogP contribution in [0.5, 0.6) is 0 Å². The summed E-state index contributed by atoms with van der Waals surface area (Å²) in [5.74, 6) is 1.88. The Labute approximate surface area is 220 Å². The lowest BCUT2D eigenvalue weighted by molar-refractivity contribution is 0.311. The maximum absolute atomic E-state index is 8.77. The van der Waals surface area contributed by atoms with Gasteiger partial charge in [-0.05, 0) is 25.5 Å². The number of fused-ring (bicyclic) bond motifs is 1. The second-order valence-electron chi connectivity index (χ2n) is 8.09. The van der Waals surface area contributed by atoms with Crippen molar-refractivity contribution in [1.29, 1.82) is 0 Å². The summed E-state index contributed by atoms with van der Waals surface area (Å²) in [6.45, 7) is 7.34. The molecule has 0 unspecified atom stereocenters. The molecule has 4 aromatic heterocycles. The van der Waals surface area contributed by atoms with Gasteiger partial charge in [0, 0.05) is 65.7 Å². The highest BCUT2D eigenvalue weighted by Gasteiger charge is 2.09. The summed E-state index contributed by atoms with van der Waals surface area (Å²) in [6.07, 6.45) is 13.5. The van der Waals surface area contributed by atoms with Crippen molar-refractivity contribution < 1.29 is 5.11 Å². The van der Waals surface area contributed by atoms with Gasteiger partial charge in [0.15, 0.2) is 0 Å². The number of nitrogen functional groups attached to an aromatic ring is 1. The zero-order valence-electron chi connectivity index (χ0n) is 21.1. The number of aromatic nitrogens is 6. The smallest absolute Gasteiger partial charge is 0.137 e. The maximum Gasteiger partial charge on any atom is 0.137 e. The maximum atomic E-state index is 8.77. The van der Waals surface area contributed by atoms with Gasteiger partial charge in [0.2, 0.25) is 0 Å². The van der Waals surface area contributed by atoms with E-state index in [4.69, 9.17) is 10.8 Å². The molecule has 0 aromatic carbocycles. The molecule has 0 atom stereocenters. The highest BCUT2D eigenvalue weighted by molar-refractivity contribution is 5.81. The molecular weight excluding hydrogens is 480 g/mol. The van der Waals surface area contributed by atoms with E-state index in [0.717, 1.165) is 46.3 Å². The van der Waals surface area contributed by atoms with Crippen LogP contribution in [-0.2, 0) is 0 Å². The molecule has 194 valence electrons. The number of nitrogens with zero attached hydrogens (tertiary/aromatic N) is 6. The van der Waals surface area contributed by atoms with Crippen LogP contribution in [0.25, 0.3) is 22.9 Å². The Bertz CT molecular complexity index is 1540. The van der Waals surface area contributed by atoms with E-state index in [1.54, 1.807) is 24.7 Å². The van der Waals surface area contributed by atoms with E-state index >= 15 is 0 Å². The second kappa shape index (κ2) is 12.9. The Morgan fingerprint density at radius 1 is 1.11 bits per heavy atom. The molecule has 1 aliphatic rings. The summed E-state index contributed by atoms with van der Waals surface area (Å²) in [5.41, 5.74) is 10.7. The zero-order chi connectivity index (χ0) is 26.7. The van der Waals surface area contributed by atoms with E-state index in [1.165, 1.54) is 6.33 Å². The van der Waals surface area contributed by atoms with Crippen molar-refractivity contribution in [1.82, 2.24) is 29.9 Å². The van der Waals surface area contributed by atoms with E-state index in [0.29, 0.717) is 29.4 Å². The number of pyridine rings is 1. The number of nitrogens with one attached hydrogen (secondary N) is 3. The number of aliphatic hydroxyl groups excluding tert-OH is 1. The molecule has 0 saturated heterocycles. The van der Waals surface area contributed by atoms with Crippen molar-refractivity contribution in [2.24, 2.45) is 4.99 Å². The van der Waals surface area contributed by atoms with Crippen molar-refractivity contribution in [3.8, 4) is 11.3 Å². The van der Waals surface area contributed by atoms with Crippen molar-refractivity contribution in [3.63, 3.8) is 0 Å². The lowest BCUT2D eigenvalue weighted by Gasteiger charge is -2.09. The fourth-order valence-corrected chi connectivity index (χ4v) is 3.72. The first-order valence-electron chi connectivity index (χ1n) is 12.1. The molecule has 5 rings (SSSR count). The van der Waals surface area contributed by atoms with Crippen LogP contribution in [0, 0.1) is 0 Å². The molecule has 0 fully saturated rings. The molecule has 0 radical (unpaired) electrons. The number of rotatable bonds is 8. The average Bonchev–Trinajstić information content (AvgIpc) is 3.20. The minimum atomic E-state index is 0.0375. The summed E-state index contributed by atoms with van der Waals surface area (Å²) in [4.78, 5) is 28.3. The quantitative estimate of drug-likeness (QED) is 0.239. The molecule has 0 bridgehead atoms. The number of aromatic amines is 1. The van der Waals surface area contributed by atoms with Gasteiger partial charge in [0.1, 0.15) is 35.6 Å². The third kappa shape index (κ3) is 6.45. The van der Waals surface area contributed by atoms with E-state index < -0.39 is 0 Å². The van der Waals surface area contributed by atoms with Crippen molar-refractivity contribution >= 4 is 29.1 Å². The van der Waals surface area contributed by atoms with Crippen molar-refractivity contribution in [2.75, 3.05) is 36.1 Å². The van der Waals surface area contributed by atoms with Gasteiger partial charge in [-0.15, -0.1) is 0 Å². The number of nitrogens with two attached hydrogens (primary N) is 1. The first kappa shape index (κ1) is 26.2. The topological polar surface area (TPSA) is 163 Å². The second-order valence-corrected chi connectivity index (χ2v) is 8.09. The van der Waals surface area contributed by atoms with Crippen LogP contribution >= 0.6 is 0 Å². The molecule has 11 heteroatoms. The molecular formula is C27H30N10O. The summed E-state index contributed by atoms with van der Waals surface area (Å²) < 4.78 is 0. The predicted molar refractivity (Wildman–Crippen MR) is 149 cm³/mol. The highest BCUT2D eigenvalue weighted by atomic mass is 16.3. The standard InChI is InChI=1S/C14H15N5.C13H15N5O/c1-2-15-13-7-12(18-9-19-13)11-8-17-14-10(11)5-3-4-6-16-14;1-9(10-3-2-4-16-13(10)14)11-7-12(15-5-6-19)18-8-17-11/h4-9H,2-3H2,1H3,(H,16,17)(H,15,18,19);2-4,7-8,19H,1,5-6H2,(H2,14,16)(H,15,17,18). The van der Waals surface area contributed by atoms with Gasteiger partial charge in [0.25, 0.3) is 0 Å². The van der Waals surface area contributed by atoms with Gasteiger partial charge < -0.3 is 26.5 Å². The third-order valence-corrected chi connectivity index (χ3v) is 5.52. The number of aliphatic hydroxyl groups is 1. The fourth-order valence-electron chi connectivity index (χ4n) is 3.72. The van der Waals surface area contributed by atoms with Crippen LogP contribution < -0.4 is 27.1 Å². The molecule has 6 N–H and O–H groups in total. The summed E-state index contributed by atoms with van der Waals surface area (Å²) >= 11 is 0. The zero-order valence-corrected chi connectivity index (χ0v) is 21.1. The van der Waals surface area contributed by atoms with E-state index in [9.17, 15) is 0 Å². The fraction of sp³-hybridized carbons (Fsp3) is 0.185. The summed E-state index contributed by atoms with van der Waals surface area (Å²) in [6, 6.07) is 7.35. The minimum absolute atomic E-state index is 0.0375. The molecule has 0 amide bonds. The number of anilines is 3. The van der Waals surface area contributed by atoms with Gasteiger partial charge in [-0.1, -0.05) is 18.7 Å². The Balaban J connectivity index is 0.000000177. The van der Waals surface area contributed by atoms with Crippen LogP contribution in [0.4, 0.5) is 17.5 Å². The van der Waals surface area contributed by atoms with Gasteiger partial charge in [-0.2, -0.15) is 0 Å². The average molecular weight is 511 g/mol. The lowest BCUT2D eigenvalue weighted by atomic mass is 10.1. The Morgan fingerprint density at radius 2 is 1.92 bits per heavy atom. The van der Waals surface area contributed by atoms with E-state index in [-0.39, 0.29) is 6.61 Å². The van der Waals surface area contributed by atoms with E-state index in [1.807, 2.05) is 37.5 Å². The van der Waals surface area contributed by atoms with Crippen molar-refractivity contribution in [3.05, 3.63) is 90.1 Å². The Morgan fingerprint density at radius 3 is 2.71 bits per heavy atom. The normalized spacial score (nSPS) is 11.6. The molecule has 11 nitrogen and oxygen atoms in total. The number of H-pyrrole nitrogens is 1. The van der Waals surface area contributed by atoms with E-state index in [2.05, 4.69) is 58.2 Å². The van der Waals surface area contributed by atoms with Crippen molar-refractivity contribution in [2.45, 2.75) is 13.3 Å². The first-order chi connectivity index (χ1) is 18.6. The summed E-state index contributed by atoms with van der Waals surface area (Å²) in [5, 5.41) is 16.0. The molecule has 1 aliphatic heterocycles. The van der Waals surface area contributed by atoms with Crippen LogP contribution in [0.2, 0.25) is 0 Å². The number of hydrogen-bond donors (Lipinski definition) is 5. The van der Waals surface area contributed by atoms with Gasteiger partial charge >= 0.3 is 0 Å². The minimum Gasteiger partial charge on any atom is -0.395 e. The monoisotopic (exact) mass is 510 g/mol. The Kier molecular flexibility index (Phi) is 8.87. The molecule has 4 aromatic rings. The lowest BCUT2D eigenvalue weighted by Crippen LogP contribution is -2.23. The molecule has 0 aliphatic carbocycles. The summed E-state index contributed by atoms with van der Waals surface area (Å²) in [7, 11) is 0.